The number of quaternary nitrogens is 1. The maximum atomic E-state index is 12.7. The largest absolute Gasteiger partial charge is 0.472 e. The molecule has 0 saturated carbocycles. The van der Waals surface area contributed by atoms with Gasteiger partial charge in [-0.15, -0.1) is 0 Å². The molecule has 0 aromatic heterocycles. The standard InChI is InChI=1S/C53H94NO8P/c1-6-8-10-12-14-16-18-20-22-24-26-28-29-31-33-35-37-39-41-43-45-52(55)59-49-51(50-61-63(57,58)60-48-47-54(3,4)5)62-53(56)46-44-42-40-38-36-34-32-30-27-25-23-21-19-17-15-13-11-9-7-2/h9,11,15,17,21,23,27,30,34,36,40,42,51H,6-8,10,12-14,16,18-20,22,24-26,28-29,31-33,35,37-39,41,43-50H2,1-5H3/p+1/b11-9+,17-15+,23-21+,30-27+,36-34+,42-40+/t51-/m1/s1. The summed E-state index contributed by atoms with van der Waals surface area (Å²) in [4.78, 5) is 35.5. The Morgan fingerprint density at radius 1 is 0.508 bits per heavy atom. The fourth-order valence-electron chi connectivity index (χ4n) is 6.63. The van der Waals surface area contributed by atoms with E-state index in [9.17, 15) is 19.0 Å². The number of carbonyl (C=O) groups is 2. The topological polar surface area (TPSA) is 108 Å². The van der Waals surface area contributed by atoms with Crippen LogP contribution >= 0.6 is 7.82 Å². The summed E-state index contributed by atoms with van der Waals surface area (Å²) in [6, 6.07) is 0. The van der Waals surface area contributed by atoms with Gasteiger partial charge >= 0.3 is 19.8 Å². The highest BCUT2D eigenvalue weighted by Gasteiger charge is 2.27. The Morgan fingerprint density at radius 3 is 1.32 bits per heavy atom. The van der Waals surface area contributed by atoms with Gasteiger partial charge in [-0.3, -0.25) is 18.6 Å². The zero-order valence-corrected chi connectivity index (χ0v) is 41.9. The number of allylic oxidation sites excluding steroid dienone is 12. The molecule has 0 saturated heterocycles. The Labute approximate surface area is 387 Å². The van der Waals surface area contributed by atoms with Crippen LogP contribution in [0.3, 0.4) is 0 Å². The van der Waals surface area contributed by atoms with Crippen molar-refractivity contribution >= 4 is 19.8 Å². The van der Waals surface area contributed by atoms with Gasteiger partial charge in [0.05, 0.1) is 27.7 Å². The third-order valence-corrected chi connectivity index (χ3v) is 11.5. The first-order chi connectivity index (χ1) is 30.5. The van der Waals surface area contributed by atoms with Crippen molar-refractivity contribution in [1.82, 2.24) is 0 Å². The lowest BCUT2D eigenvalue weighted by Crippen LogP contribution is -2.37. The number of nitrogens with zero attached hydrogens (tertiary/aromatic N) is 1. The number of hydrogen-bond acceptors (Lipinski definition) is 7. The van der Waals surface area contributed by atoms with Crippen LogP contribution in [0.15, 0.2) is 72.9 Å². The SMILES string of the molecule is CC/C=C/C/C=C/C/C=C/C/C=C/C/C=C/C/C=C/CCC(=O)O[C@H](COC(=O)CCCCCCCCCCCCCCCCCCCCCC)COP(=O)(O)OCC[N+](C)(C)C. The van der Waals surface area contributed by atoms with Gasteiger partial charge in [0.1, 0.15) is 19.8 Å². The van der Waals surface area contributed by atoms with E-state index in [1.165, 1.54) is 109 Å². The van der Waals surface area contributed by atoms with Gasteiger partial charge in [-0.2, -0.15) is 0 Å². The van der Waals surface area contributed by atoms with Crippen molar-refractivity contribution in [2.75, 3.05) is 47.5 Å². The molecule has 0 rings (SSSR count). The van der Waals surface area contributed by atoms with Crippen LogP contribution in [-0.4, -0.2) is 74.9 Å². The van der Waals surface area contributed by atoms with E-state index in [2.05, 4.69) is 74.6 Å². The lowest BCUT2D eigenvalue weighted by molar-refractivity contribution is -0.870. The maximum absolute atomic E-state index is 12.7. The zero-order valence-electron chi connectivity index (χ0n) is 41.0. The second kappa shape index (κ2) is 44.6. The molecule has 0 aromatic rings. The van der Waals surface area contributed by atoms with E-state index in [4.69, 9.17) is 18.5 Å². The van der Waals surface area contributed by atoms with E-state index in [-0.39, 0.29) is 32.0 Å². The number of phosphoric ester groups is 1. The second-order valence-electron chi connectivity index (χ2n) is 17.8. The summed E-state index contributed by atoms with van der Waals surface area (Å²) in [5.41, 5.74) is 0. The lowest BCUT2D eigenvalue weighted by atomic mass is 10.0. The van der Waals surface area contributed by atoms with Gasteiger partial charge in [-0.25, -0.2) is 4.57 Å². The number of esters is 2. The predicted octanol–water partition coefficient (Wildman–Crippen LogP) is 15.0. The molecular formula is C53H95NO8P+. The predicted molar refractivity (Wildman–Crippen MR) is 266 cm³/mol. The summed E-state index contributed by atoms with van der Waals surface area (Å²) >= 11 is 0. The molecule has 63 heavy (non-hydrogen) atoms. The Balaban J connectivity index is 4.37. The maximum Gasteiger partial charge on any atom is 0.472 e. The molecule has 0 aliphatic rings. The van der Waals surface area contributed by atoms with Crippen molar-refractivity contribution < 1.29 is 42.1 Å². The van der Waals surface area contributed by atoms with Crippen molar-refractivity contribution in [2.45, 2.75) is 206 Å². The third kappa shape index (κ3) is 48.7. The van der Waals surface area contributed by atoms with Gasteiger partial charge in [-0.1, -0.05) is 209 Å². The molecule has 0 aliphatic heterocycles. The monoisotopic (exact) mass is 905 g/mol. The average molecular weight is 905 g/mol. The molecule has 10 heteroatoms. The second-order valence-corrected chi connectivity index (χ2v) is 19.3. The van der Waals surface area contributed by atoms with Gasteiger partial charge in [0, 0.05) is 12.8 Å². The van der Waals surface area contributed by atoms with E-state index < -0.39 is 26.5 Å². The first-order valence-corrected chi connectivity index (χ1v) is 26.7. The van der Waals surface area contributed by atoms with E-state index >= 15 is 0 Å². The fraction of sp³-hybridized carbons (Fsp3) is 0.736. The molecular weight excluding hydrogens is 810 g/mol. The highest BCUT2D eigenvalue weighted by molar-refractivity contribution is 7.47. The Morgan fingerprint density at radius 2 is 0.905 bits per heavy atom. The first-order valence-electron chi connectivity index (χ1n) is 25.2. The highest BCUT2D eigenvalue weighted by Crippen LogP contribution is 2.43. The highest BCUT2D eigenvalue weighted by atomic mass is 31.2. The molecule has 0 radical (unpaired) electrons. The third-order valence-electron chi connectivity index (χ3n) is 10.5. The number of unbranched alkanes of at least 4 members (excludes halogenated alkanes) is 19. The van der Waals surface area contributed by atoms with Crippen LogP contribution < -0.4 is 0 Å². The van der Waals surface area contributed by atoms with Crippen molar-refractivity contribution in [1.29, 1.82) is 0 Å². The summed E-state index contributed by atoms with van der Waals surface area (Å²) in [6.07, 6.45) is 56.9. The van der Waals surface area contributed by atoms with Gasteiger partial charge in [0.2, 0.25) is 0 Å². The molecule has 0 aliphatic carbocycles. The van der Waals surface area contributed by atoms with E-state index in [0.29, 0.717) is 17.4 Å². The smallest absolute Gasteiger partial charge is 0.462 e. The van der Waals surface area contributed by atoms with Gasteiger partial charge in [0.15, 0.2) is 6.10 Å². The summed E-state index contributed by atoms with van der Waals surface area (Å²) < 4.78 is 34.3. The minimum atomic E-state index is -4.40. The Bertz CT molecular complexity index is 1300. The average Bonchev–Trinajstić information content (AvgIpc) is 3.24. The fourth-order valence-corrected chi connectivity index (χ4v) is 7.37. The van der Waals surface area contributed by atoms with Crippen LogP contribution in [0.1, 0.15) is 200 Å². The molecule has 0 aromatic carbocycles. The summed E-state index contributed by atoms with van der Waals surface area (Å²) in [5, 5.41) is 0. The number of carbonyl (C=O) groups excluding carboxylic acids is 2. The molecule has 0 amide bonds. The number of ether oxygens (including phenoxy) is 2. The summed E-state index contributed by atoms with van der Waals surface area (Å²) in [7, 11) is 1.43. The Kier molecular flexibility index (Phi) is 42.8. The van der Waals surface area contributed by atoms with Crippen molar-refractivity contribution in [3.63, 3.8) is 0 Å². The van der Waals surface area contributed by atoms with Crippen LogP contribution in [-0.2, 0) is 32.7 Å². The molecule has 364 valence electrons. The number of rotatable bonds is 45. The molecule has 9 nitrogen and oxygen atoms in total. The molecule has 1 unspecified atom stereocenters. The lowest BCUT2D eigenvalue weighted by Gasteiger charge is -2.24. The van der Waals surface area contributed by atoms with Gasteiger partial charge in [-0.05, 0) is 51.4 Å². The minimum absolute atomic E-state index is 0.0160. The summed E-state index contributed by atoms with van der Waals surface area (Å²) in [6.45, 7) is 4.24. The van der Waals surface area contributed by atoms with E-state index in [1.807, 2.05) is 33.3 Å². The minimum Gasteiger partial charge on any atom is -0.462 e. The normalized spacial score (nSPS) is 14.1. The Hall–Kier alpha value is -2.55. The number of likely N-dealkylation sites (N-methyl/N-ethyl adjacent to an activating group) is 1. The van der Waals surface area contributed by atoms with Gasteiger partial charge in [0.25, 0.3) is 0 Å². The zero-order chi connectivity index (χ0) is 46.4. The first kappa shape index (κ1) is 60.5. The van der Waals surface area contributed by atoms with Crippen LogP contribution in [0.25, 0.3) is 0 Å². The van der Waals surface area contributed by atoms with Crippen molar-refractivity contribution in [3.05, 3.63) is 72.9 Å². The molecule has 0 spiro atoms. The molecule has 0 fully saturated rings. The van der Waals surface area contributed by atoms with E-state index in [0.717, 1.165) is 57.8 Å². The number of hydrogen-bond donors (Lipinski definition) is 1. The van der Waals surface area contributed by atoms with E-state index in [1.54, 1.807) is 0 Å². The van der Waals surface area contributed by atoms with Gasteiger partial charge < -0.3 is 18.9 Å². The molecule has 2 atom stereocenters. The molecule has 1 N–H and O–H groups in total. The van der Waals surface area contributed by atoms with Crippen LogP contribution in [0.4, 0.5) is 0 Å². The molecule has 0 bridgehead atoms. The van der Waals surface area contributed by atoms with Crippen LogP contribution in [0, 0.1) is 0 Å². The van der Waals surface area contributed by atoms with Crippen molar-refractivity contribution in [3.8, 4) is 0 Å². The molecule has 0 heterocycles. The quantitative estimate of drug-likeness (QED) is 0.0212. The van der Waals surface area contributed by atoms with Crippen LogP contribution in [0.2, 0.25) is 0 Å². The van der Waals surface area contributed by atoms with Crippen LogP contribution in [0.5, 0.6) is 0 Å². The van der Waals surface area contributed by atoms with Crippen molar-refractivity contribution in [2.24, 2.45) is 0 Å². The summed E-state index contributed by atoms with van der Waals surface area (Å²) in [5.74, 6) is -0.894. The number of phosphoric acid groups is 1.